The maximum atomic E-state index is 12.6. The standard InChI is InChI=1S/C23H25ClN4O2/c1-2-16-3-9-20(10-4-16)25-23(29)18-11-13-28(14-12-18)15-21-26-22(27-30-21)17-5-7-19(24)8-6-17/h3-10,18H,2,11-15H2,1H3,(H,25,29). The Labute approximate surface area is 181 Å². The first-order valence-corrected chi connectivity index (χ1v) is 10.7. The summed E-state index contributed by atoms with van der Waals surface area (Å²) in [4.78, 5) is 19.3. The molecule has 1 amide bonds. The molecule has 6 nitrogen and oxygen atoms in total. The van der Waals surface area contributed by atoms with Gasteiger partial charge in [-0.1, -0.05) is 35.8 Å². The van der Waals surface area contributed by atoms with E-state index in [0.717, 1.165) is 43.6 Å². The average molecular weight is 425 g/mol. The van der Waals surface area contributed by atoms with Gasteiger partial charge in [-0.05, 0) is 74.3 Å². The zero-order valence-electron chi connectivity index (χ0n) is 17.0. The van der Waals surface area contributed by atoms with Crippen LogP contribution in [0.25, 0.3) is 11.4 Å². The molecule has 1 saturated heterocycles. The van der Waals surface area contributed by atoms with E-state index in [4.69, 9.17) is 16.1 Å². The first-order chi connectivity index (χ1) is 14.6. The fourth-order valence-electron chi connectivity index (χ4n) is 3.65. The van der Waals surface area contributed by atoms with Gasteiger partial charge in [0.1, 0.15) is 0 Å². The van der Waals surface area contributed by atoms with Gasteiger partial charge in [0.2, 0.25) is 17.6 Å². The lowest BCUT2D eigenvalue weighted by Gasteiger charge is -2.30. The fourth-order valence-corrected chi connectivity index (χ4v) is 3.77. The lowest BCUT2D eigenvalue weighted by Crippen LogP contribution is -2.37. The van der Waals surface area contributed by atoms with E-state index in [1.165, 1.54) is 5.56 Å². The second-order valence-electron chi connectivity index (χ2n) is 7.61. The van der Waals surface area contributed by atoms with E-state index in [0.29, 0.717) is 23.3 Å². The van der Waals surface area contributed by atoms with Crippen molar-refractivity contribution < 1.29 is 9.32 Å². The first kappa shape index (κ1) is 20.6. The summed E-state index contributed by atoms with van der Waals surface area (Å²) in [5.74, 6) is 1.27. The Kier molecular flexibility index (Phi) is 6.45. The van der Waals surface area contributed by atoms with Crippen molar-refractivity contribution in [3.05, 3.63) is 65.0 Å². The van der Waals surface area contributed by atoms with E-state index in [-0.39, 0.29) is 11.8 Å². The summed E-state index contributed by atoms with van der Waals surface area (Å²) >= 11 is 5.93. The zero-order chi connectivity index (χ0) is 20.9. The number of nitrogens with one attached hydrogen (secondary N) is 1. The monoisotopic (exact) mass is 424 g/mol. The van der Waals surface area contributed by atoms with Crippen molar-refractivity contribution in [2.45, 2.75) is 32.7 Å². The van der Waals surface area contributed by atoms with E-state index in [9.17, 15) is 4.79 Å². The van der Waals surface area contributed by atoms with Crippen LogP contribution in [0.4, 0.5) is 5.69 Å². The molecular weight excluding hydrogens is 400 g/mol. The number of carbonyl (C=O) groups is 1. The van der Waals surface area contributed by atoms with Crippen LogP contribution in [0.5, 0.6) is 0 Å². The van der Waals surface area contributed by atoms with E-state index in [2.05, 4.69) is 39.4 Å². The molecule has 0 atom stereocenters. The van der Waals surface area contributed by atoms with Gasteiger partial charge in [0.05, 0.1) is 6.54 Å². The number of hydrogen-bond donors (Lipinski definition) is 1. The van der Waals surface area contributed by atoms with Crippen LogP contribution in [0, 0.1) is 5.92 Å². The maximum absolute atomic E-state index is 12.6. The number of anilines is 1. The van der Waals surface area contributed by atoms with E-state index >= 15 is 0 Å². The van der Waals surface area contributed by atoms with Crippen LogP contribution in [0.2, 0.25) is 5.02 Å². The molecule has 0 radical (unpaired) electrons. The third kappa shape index (κ3) is 5.07. The summed E-state index contributed by atoms with van der Waals surface area (Å²) in [6.07, 6.45) is 2.63. The van der Waals surface area contributed by atoms with Gasteiger partial charge in [0.25, 0.3) is 0 Å². The van der Waals surface area contributed by atoms with Gasteiger partial charge >= 0.3 is 0 Å². The molecule has 156 valence electrons. The Morgan fingerprint density at radius 2 is 1.83 bits per heavy atom. The molecule has 1 aromatic heterocycles. The molecule has 1 fully saturated rings. The number of halogens is 1. The highest BCUT2D eigenvalue weighted by Gasteiger charge is 2.26. The first-order valence-electron chi connectivity index (χ1n) is 10.3. The van der Waals surface area contributed by atoms with Crippen LogP contribution in [-0.4, -0.2) is 34.0 Å². The van der Waals surface area contributed by atoms with E-state index < -0.39 is 0 Å². The Morgan fingerprint density at radius 3 is 2.50 bits per heavy atom. The second-order valence-corrected chi connectivity index (χ2v) is 8.05. The normalized spacial score (nSPS) is 15.3. The molecule has 2 aromatic carbocycles. The van der Waals surface area contributed by atoms with Crippen molar-refractivity contribution in [1.82, 2.24) is 15.0 Å². The van der Waals surface area contributed by atoms with Gasteiger partial charge in [-0.3, -0.25) is 9.69 Å². The Balaban J connectivity index is 1.27. The SMILES string of the molecule is CCc1ccc(NC(=O)C2CCN(Cc3nc(-c4ccc(Cl)cc4)no3)CC2)cc1. The number of nitrogens with zero attached hydrogens (tertiary/aromatic N) is 3. The van der Waals surface area contributed by atoms with E-state index in [1.54, 1.807) is 12.1 Å². The van der Waals surface area contributed by atoms with Crippen LogP contribution in [0.3, 0.4) is 0 Å². The molecule has 30 heavy (non-hydrogen) atoms. The van der Waals surface area contributed by atoms with Gasteiger partial charge in [-0.2, -0.15) is 4.98 Å². The molecule has 2 heterocycles. The summed E-state index contributed by atoms with van der Waals surface area (Å²) in [5.41, 5.74) is 3.00. The average Bonchev–Trinajstić information content (AvgIpc) is 3.23. The third-order valence-electron chi connectivity index (χ3n) is 5.52. The summed E-state index contributed by atoms with van der Waals surface area (Å²) in [5, 5.41) is 7.78. The summed E-state index contributed by atoms with van der Waals surface area (Å²) < 4.78 is 5.41. The maximum Gasteiger partial charge on any atom is 0.241 e. The van der Waals surface area contributed by atoms with Crippen LogP contribution < -0.4 is 5.32 Å². The number of carbonyl (C=O) groups excluding carboxylic acids is 1. The number of benzene rings is 2. The predicted molar refractivity (Wildman–Crippen MR) is 117 cm³/mol. The van der Waals surface area contributed by atoms with Crippen molar-refractivity contribution in [2.75, 3.05) is 18.4 Å². The molecule has 0 saturated carbocycles. The number of piperidine rings is 1. The van der Waals surface area contributed by atoms with Gasteiger partial charge in [0, 0.05) is 22.2 Å². The minimum absolute atomic E-state index is 0.0272. The van der Waals surface area contributed by atoms with Crippen molar-refractivity contribution in [3.63, 3.8) is 0 Å². The van der Waals surface area contributed by atoms with E-state index in [1.807, 2.05) is 24.3 Å². The highest BCUT2D eigenvalue weighted by molar-refractivity contribution is 6.30. The minimum atomic E-state index is 0.0272. The zero-order valence-corrected chi connectivity index (χ0v) is 17.7. The van der Waals surface area contributed by atoms with Crippen molar-refractivity contribution in [3.8, 4) is 11.4 Å². The van der Waals surface area contributed by atoms with Crippen LogP contribution >= 0.6 is 11.6 Å². The smallest absolute Gasteiger partial charge is 0.241 e. The number of amides is 1. The van der Waals surface area contributed by atoms with Gasteiger partial charge in [-0.25, -0.2) is 0 Å². The fraction of sp³-hybridized carbons (Fsp3) is 0.348. The molecule has 0 spiro atoms. The number of aromatic nitrogens is 2. The van der Waals surface area contributed by atoms with Gasteiger partial charge < -0.3 is 9.84 Å². The van der Waals surface area contributed by atoms with Crippen LogP contribution in [-0.2, 0) is 17.8 Å². The van der Waals surface area contributed by atoms with Crippen LogP contribution in [0.1, 0.15) is 31.2 Å². The third-order valence-corrected chi connectivity index (χ3v) is 5.77. The summed E-state index contributed by atoms with van der Waals surface area (Å²) in [6, 6.07) is 15.4. The molecule has 3 aromatic rings. The second kappa shape index (κ2) is 9.41. The molecule has 7 heteroatoms. The van der Waals surface area contributed by atoms with Crippen molar-refractivity contribution in [1.29, 1.82) is 0 Å². The molecule has 4 rings (SSSR count). The topological polar surface area (TPSA) is 71.3 Å². The Hall–Kier alpha value is -2.70. The summed E-state index contributed by atoms with van der Waals surface area (Å²) in [6.45, 7) is 4.36. The van der Waals surface area contributed by atoms with Gasteiger partial charge in [0.15, 0.2) is 0 Å². The largest absolute Gasteiger partial charge is 0.338 e. The number of hydrogen-bond acceptors (Lipinski definition) is 5. The molecule has 1 N–H and O–H groups in total. The minimum Gasteiger partial charge on any atom is -0.338 e. The molecule has 0 unspecified atom stereocenters. The lowest BCUT2D eigenvalue weighted by atomic mass is 9.96. The highest BCUT2D eigenvalue weighted by Crippen LogP contribution is 2.23. The molecule has 1 aliphatic heterocycles. The lowest BCUT2D eigenvalue weighted by molar-refractivity contribution is -0.121. The molecule has 0 bridgehead atoms. The molecule has 1 aliphatic rings. The predicted octanol–water partition coefficient (Wildman–Crippen LogP) is 4.80. The highest BCUT2D eigenvalue weighted by atomic mass is 35.5. The Bertz CT molecular complexity index is 977. The number of aryl methyl sites for hydroxylation is 1. The van der Waals surface area contributed by atoms with Crippen molar-refractivity contribution >= 4 is 23.2 Å². The quantitative estimate of drug-likeness (QED) is 0.615. The van der Waals surface area contributed by atoms with Crippen molar-refractivity contribution in [2.24, 2.45) is 5.92 Å². The number of likely N-dealkylation sites (tertiary alicyclic amines) is 1. The van der Waals surface area contributed by atoms with Gasteiger partial charge in [-0.15, -0.1) is 0 Å². The molecule has 0 aliphatic carbocycles. The van der Waals surface area contributed by atoms with Crippen LogP contribution in [0.15, 0.2) is 53.1 Å². The number of rotatable bonds is 6. The summed E-state index contributed by atoms with van der Waals surface area (Å²) in [7, 11) is 0. The molecular formula is C23H25ClN4O2. The Morgan fingerprint density at radius 1 is 1.13 bits per heavy atom.